The van der Waals surface area contributed by atoms with E-state index in [0.29, 0.717) is 11.3 Å². The number of esters is 1. The average Bonchev–Trinajstić information content (AvgIpc) is 2.53. The SMILES string of the molecule is CCCCCCC/C=C/C=Nc1ccccc1C(=O)OC. The van der Waals surface area contributed by atoms with E-state index in [1.54, 1.807) is 24.4 Å². The molecule has 0 fully saturated rings. The second-order valence-electron chi connectivity index (χ2n) is 4.92. The summed E-state index contributed by atoms with van der Waals surface area (Å²) in [6.07, 6.45) is 13.3. The Balaban J connectivity index is 2.41. The van der Waals surface area contributed by atoms with E-state index in [1.165, 1.54) is 39.2 Å². The first kappa shape index (κ1) is 17.2. The van der Waals surface area contributed by atoms with Crippen LogP contribution in [0.5, 0.6) is 0 Å². The molecule has 0 unspecified atom stereocenters. The van der Waals surface area contributed by atoms with Gasteiger partial charge in [-0.15, -0.1) is 0 Å². The molecule has 0 N–H and O–H groups in total. The molecule has 21 heavy (non-hydrogen) atoms. The molecule has 114 valence electrons. The molecule has 0 atom stereocenters. The summed E-state index contributed by atoms with van der Waals surface area (Å²) in [6.45, 7) is 2.22. The van der Waals surface area contributed by atoms with E-state index >= 15 is 0 Å². The first-order valence-electron chi connectivity index (χ1n) is 7.66. The van der Waals surface area contributed by atoms with Crippen molar-refractivity contribution in [3.8, 4) is 0 Å². The van der Waals surface area contributed by atoms with Gasteiger partial charge in [-0.2, -0.15) is 0 Å². The third kappa shape index (κ3) is 6.89. The molecule has 0 saturated carbocycles. The number of hydrogen-bond donors (Lipinski definition) is 0. The van der Waals surface area contributed by atoms with Crippen LogP contribution in [0.4, 0.5) is 5.69 Å². The number of carbonyl (C=O) groups is 1. The number of allylic oxidation sites excluding steroid dienone is 2. The maximum Gasteiger partial charge on any atom is 0.340 e. The summed E-state index contributed by atoms with van der Waals surface area (Å²) in [4.78, 5) is 15.9. The fraction of sp³-hybridized carbons (Fsp3) is 0.444. The number of nitrogens with zero attached hydrogens (tertiary/aromatic N) is 1. The predicted octanol–water partition coefficient (Wildman–Crippen LogP) is 5.09. The molecule has 0 amide bonds. The molecule has 0 heterocycles. The van der Waals surface area contributed by atoms with Gasteiger partial charge in [0.15, 0.2) is 0 Å². The van der Waals surface area contributed by atoms with Gasteiger partial charge in [0, 0.05) is 6.21 Å². The highest BCUT2D eigenvalue weighted by molar-refractivity contribution is 5.95. The van der Waals surface area contributed by atoms with Crippen molar-refractivity contribution < 1.29 is 9.53 Å². The largest absolute Gasteiger partial charge is 0.465 e. The highest BCUT2D eigenvalue weighted by Crippen LogP contribution is 2.18. The van der Waals surface area contributed by atoms with Gasteiger partial charge in [0.2, 0.25) is 0 Å². The number of hydrogen-bond acceptors (Lipinski definition) is 3. The molecule has 0 aliphatic heterocycles. The molecular formula is C18H25NO2. The average molecular weight is 287 g/mol. The highest BCUT2D eigenvalue weighted by atomic mass is 16.5. The second-order valence-corrected chi connectivity index (χ2v) is 4.92. The lowest BCUT2D eigenvalue weighted by Gasteiger charge is -2.01. The number of methoxy groups -OCH3 is 1. The Morgan fingerprint density at radius 3 is 2.71 bits per heavy atom. The molecule has 1 aromatic carbocycles. The molecule has 0 bridgehead atoms. The lowest BCUT2D eigenvalue weighted by molar-refractivity contribution is 0.0601. The lowest BCUT2D eigenvalue weighted by Crippen LogP contribution is -2.00. The lowest BCUT2D eigenvalue weighted by atomic mass is 10.1. The molecule has 1 rings (SSSR count). The standard InChI is InChI=1S/C18H25NO2/c1-3-4-5-6-7-8-9-12-15-19-17-14-11-10-13-16(17)18(20)21-2/h9-15H,3-8H2,1-2H3/b12-9+,19-15?. The zero-order chi connectivity index (χ0) is 15.3. The second kappa shape index (κ2) is 10.8. The maximum atomic E-state index is 11.6. The minimum absolute atomic E-state index is 0.359. The Hall–Kier alpha value is -1.90. The van der Waals surface area contributed by atoms with Gasteiger partial charge in [-0.05, 0) is 31.1 Å². The molecule has 0 spiro atoms. The third-order valence-electron chi connectivity index (χ3n) is 3.22. The van der Waals surface area contributed by atoms with Crippen molar-refractivity contribution in [2.75, 3.05) is 7.11 Å². The van der Waals surface area contributed by atoms with Crippen LogP contribution in [0.25, 0.3) is 0 Å². The van der Waals surface area contributed by atoms with Crippen LogP contribution >= 0.6 is 0 Å². The third-order valence-corrected chi connectivity index (χ3v) is 3.22. The van der Waals surface area contributed by atoms with E-state index < -0.39 is 0 Å². The van der Waals surface area contributed by atoms with Crippen LogP contribution in [0, 0.1) is 0 Å². The van der Waals surface area contributed by atoms with Crippen molar-refractivity contribution in [2.24, 2.45) is 4.99 Å². The summed E-state index contributed by atoms with van der Waals surface area (Å²) in [7, 11) is 1.38. The van der Waals surface area contributed by atoms with Crippen LogP contribution in [-0.2, 0) is 4.74 Å². The Labute approximate surface area is 127 Å². The minimum atomic E-state index is -0.359. The van der Waals surface area contributed by atoms with Gasteiger partial charge in [-0.25, -0.2) is 4.79 Å². The molecule has 0 aromatic heterocycles. The predicted molar refractivity (Wildman–Crippen MR) is 88.4 cm³/mol. The van der Waals surface area contributed by atoms with Crippen molar-refractivity contribution >= 4 is 17.9 Å². The van der Waals surface area contributed by atoms with Gasteiger partial charge in [-0.3, -0.25) is 4.99 Å². The van der Waals surface area contributed by atoms with Crippen molar-refractivity contribution in [3.63, 3.8) is 0 Å². The van der Waals surface area contributed by atoms with E-state index in [2.05, 4.69) is 18.0 Å². The van der Waals surface area contributed by atoms with E-state index in [4.69, 9.17) is 4.74 Å². The summed E-state index contributed by atoms with van der Waals surface area (Å²) in [6, 6.07) is 7.19. The Morgan fingerprint density at radius 2 is 1.95 bits per heavy atom. The quantitative estimate of drug-likeness (QED) is 0.360. The molecule has 0 saturated heterocycles. The topological polar surface area (TPSA) is 38.7 Å². The van der Waals surface area contributed by atoms with Crippen LogP contribution in [0.15, 0.2) is 41.4 Å². The van der Waals surface area contributed by atoms with E-state index in [9.17, 15) is 4.79 Å². The smallest absolute Gasteiger partial charge is 0.340 e. The van der Waals surface area contributed by atoms with Gasteiger partial charge in [0.25, 0.3) is 0 Å². The summed E-state index contributed by atoms with van der Waals surface area (Å²) in [5, 5.41) is 0. The van der Waals surface area contributed by atoms with Crippen LogP contribution in [0.1, 0.15) is 55.8 Å². The normalized spacial score (nSPS) is 11.3. The number of aliphatic imine (C=N–C) groups is 1. The van der Waals surface area contributed by atoms with Gasteiger partial charge in [-0.1, -0.05) is 50.8 Å². The fourth-order valence-electron chi connectivity index (χ4n) is 2.01. The van der Waals surface area contributed by atoms with E-state index in [-0.39, 0.29) is 5.97 Å². The number of rotatable bonds is 9. The van der Waals surface area contributed by atoms with Crippen molar-refractivity contribution in [3.05, 3.63) is 42.0 Å². The molecule has 0 aliphatic rings. The molecule has 3 nitrogen and oxygen atoms in total. The zero-order valence-corrected chi connectivity index (χ0v) is 13.0. The fourth-order valence-corrected chi connectivity index (χ4v) is 2.01. The number of unbranched alkanes of at least 4 members (excludes halogenated alkanes) is 5. The first-order chi connectivity index (χ1) is 10.3. The molecular weight excluding hydrogens is 262 g/mol. The van der Waals surface area contributed by atoms with Crippen LogP contribution in [0.3, 0.4) is 0 Å². The van der Waals surface area contributed by atoms with Crippen molar-refractivity contribution in [1.82, 2.24) is 0 Å². The van der Waals surface area contributed by atoms with Crippen molar-refractivity contribution in [1.29, 1.82) is 0 Å². The van der Waals surface area contributed by atoms with Crippen LogP contribution in [0.2, 0.25) is 0 Å². The van der Waals surface area contributed by atoms with Crippen LogP contribution in [-0.4, -0.2) is 19.3 Å². The Kier molecular flexibility index (Phi) is 8.85. The van der Waals surface area contributed by atoms with Crippen molar-refractivity contribution in [2.45, 2.75) is 45.4 Å². The molecule has 0 aliphatic carbocycles. The number of para-hydroxylation sites is 1. The number of benzene rings is 1. The Bertz CT molecular complexity index is 478. The summed E-state index contributed by atoms with van der Waals surface area (Å²) in [5.41, 5.74) is 1.13. The van der Waals surface area contributed by atoms with Gasteiger partial charge in [0.05, 0.1) is 18.4 Å². The van der Waals surface area contributed by atoms with Crippen LogP contribution < -0.4 is 0 Å². The monoisotopic (exact) mass is 287 g/mol. The molecule has 3 heteroatoms. The summed E-state index contributed by atoms with van der Waals surface area (Å²) >= 11 is 0. The summed E-state index contributed by atoms with van der Waals surface area (Å²) < 4.78 is 4.74. The van der Waals surface area contributed by atoms with E-state index in [1.807, 2.05) is 12.1 Å². The Morgan fingerprint density at radius 1 is 1.19 bits per heavy atom. The maximum absolute atomic E-state index is 11.6. The molecule has 1 aromatic rings. The first-order valence-corrected chi connectivity index (χ1v) is 7.66. The van der Waals surface area contributed by atoms with Gasteiger partial charge < -0.3 is 4.74 Å². The van der Waals surface area contributed by atoms with Gasteiger partial charge in [0.1, 0.15) is 0 Å². The number of carbonyl (C=O) groups excluding carboxylic acids is 1. The molecule has 0 radical (unpaired) electrons. The minimum Gasteiger partial charge on any atom is -0.465 e. The van der Waals surface area contributed by atoms with E-state index in [0.717, 1.165) is 6.42 Å². The zero-order valence-electron chi connectivity index (χ0n) is 13.0. The highest BCUT2D eigenvalue weighted by Gasteiger charge is 2.08. The number of ether oxygens (including phenoxy) is 1. The summed E-state index contributed by atoms with van der Waals surface area (Å²) in [5.74, 6) is -0.359. The van der Waals surface area contributed by atoms with Gasteiger partial charge >= 0.3 is 5.97 Å².